The van der Waals surface area contributed by atoms with Gasteiger partial charge in [-0.2, -0.15) is 0 Å². The number of hydrogen-bond acceptors (Lipinski definition) is 4. The van der Waals surface area contributed by atoms with Crippen LogP contribution in [-0.4, -0.2) is 16.1 Å². The van der Waals surface area contributed by atoms with E-state index >= 15 is 0 Å². The van der Waals surface area contributed by atoms with E-state index in [9.17, 15) is 13.6 Å². The summed E-state index contributed by atoms with van der Waals surface area (Å²) < 4.78 is 27.7. The van der Waals surface area contributed by atoms with Crippen molar-refractivity contribution in [2.75, 3.05) is 5.32 Å². The van der Waals surface area contributed by atoms with E-state index in [0.29, 0.717) is 5.01 Å². The summed E-state index contributed by atoms with van der Waals surface area (Å²) in [5.74, 6) is -3.28. The second-order valence-corrected chi connectivity index (χ2v) is 5.60. The first-order valence-electron chi connectivity index (χ1n) is 5.72. The zero-order valence-corrected chi connectivity index (χ0v) is 11.6. The van der Waals surface area contributed by atoms with Gasteiger partial charge >= 0.3 is 5.97 Å². The molecule has 0 saturated carbocycles. The van der Waals surface area contributed by atoms with Crippen molar-refractivity contribution in [2.45, 2.75) is 19.4 Å². The molecule has 0 fully saturated rings. The Morgan fingerprint density at radius 3 is 2.40 bits per heavy atom. The third kappa shape index (κ3) is 2.77. The normalized spacial score (nSPS) is 11.4. The standard InChI is InChI=1S/C13H12F2N2O2S/c1-13(2,12-16-3-4-20-12)17-10-8(14)5-7(11(18)19)6-9(10)15/h3-6,17H,1-2H3,(H,18,19). The lowest BCUT2D eigenvalue weighted by molar-refractivity contribution is 0.0696. The molecule has 106 valence electrons. The van der Waals surface area contributed by atoms with Gasteiger partial charge in [-0.25, -0.2) is 18.6 Å². The van der Waals surface area contributed by atoms with Gasteiger partial charge in [-0.05, 0) is 26.0 Å². The molecule has 0 bridgehead atoms. The minimum atomic E-state index is -1.38. The first kappa shape index (κ1) is 14.4. The molecule has 4 nitrogen and oxygen atoms in total. The summed E-state index contributed by atoms with van der Waals surface area (Å²) in [5.41, 5.74) is -1.58. The van der Waals surface area contributed by atoms with Crippen molar-refractivity contribution in [1.29, 1.82) is 0 Å². The van der Waals surface area contributed by atoms with Crippen molar-refractivity contribution in [3.8, 4) is 0 Å². The number of benzene rings is 1. The summed E-state index contributed by atoms with van der Waals surface area (Å²) in [4.78, 5) is 14.8. The smallest absolute Gasteiger partial charge is 0.335 e. The number of carbonyl (C=O) groups is 1. The molecule has 20 heavy (non-hydrogen) atoms. The van der Waals surface area contributed by atoms with Crippen LogP contribution in [0.5, 0.6) is 0 Å². The molecular formula is C13H12F2N2O2S. The summed E-state index contributed by atoms with van der Waals surface area (Å²) in [6.45, 7) is 3.46. The molecule has 7 heteroatoms. The number of rotatable bonds is 4. The van der Waals surface area contributed by atoms with Gasteiger partial charge in [-0.3, -0.25) is 0 Å². The Bertz CT molecular complexity index is 619. The van der Waals surface area contributed by atoms with Crippen molar-refractivity contribution in [2.24, 2.45) is 0 Å². The number of carboxylic acid groups (broad SMARTS) is 1. The fourth-order valence-corrected chi connectivity index (χ4v) is 2.43. The predicted octanol–water partition coefficient (Wildman–Crippen LogP) is 3.47. The number of carboxylic acids is 1. The van der Waals surface area contributed by atoms with Gasteiger partial charge in [-0.15, -0.1) is 11.3 Å². The van der Waals surface area contributed by atoms with Gasteiger partial charge in [0.05, 0.1) is 11.1 Å². The van der Waals surface area contributed by atoms with E-state index in [2.05, 4.69) is 10.3 Å². The molecule has 0 amide bonds. The van der Waals surface area contributed by atoms with Crippen LogP contribution in [0.15, 0.2) is 23.7 Å². The lowest BCUT2D eigenvalue weighted by atomic mass is 10.1. The molecule has 1 aromatic carbocycles. The molecule has 0 aliphatic carbocycles. The van der Waals surface area contributed by atoms with Crippen molar-refractivity contribution >= 4 is 23.0 Å². The van der Waals surface area contributed by atoms with Gasteiger partial charge in [0.15, 0.2) is 0 Å². The van der Waals surface area contributed by atoms with E-state index in [0.717, 1.165) is 12.1 Å². The highest BCUT2D eigenvalue weighted by Gasteiger charge is 2.26. The molecule has 0 aliphatic heterocycles. The zero-order chi connectivity index (χ0) is 14.9. The van der Waals surface area contributed by atoms with Crippen LogP contribution in [0.3, 0.4) is 0 Å². The summed E-state index contributed by atoms with van der Waals surface area (Å²) in [5, 5.41) is 13.9. The molecule has 2 aromatic rings. The van der Waals surface area contributed by atoms with E-state index in [-0.39, 0.29) is 5.69 Å². The fraction of sp³-hybridized carbons (Fsp3) is 0.231. The van der Waals surface area contributed by atoms with E-state index < -0.39 is 28.7 Å². The number of aromatic carboxylic acids is 1. The van der Waals surface area contributed by atoms with E-state index in [1.807, 2.05) is 0 Å². The molecule has 2 N–H and O–H groups in total. The number of nitrogens with zero attached hydrogens (tertiary/aromatic N) is 1. The van der Waals surface area contributed by atoms with Gasteiger partial charge in [0.1, 0.15) is 22.3 Å². The average molecular weight is 298 g/mol. The Hall–Kier alpha value is -2.02. The Balaban J connectivity index is 2.37. The Kier molecular flexibility index (Phi) is 3.71. The summed E-state index contributed by atoms with van der Waals surface area (Å²) >= 11 is 1.36. The number of nitrogens with one attached hydrogen (secondary N) is 1. The third-order valence-electron chi connectivity index (χ3n) is 2.69. The quantitative estimate of drug-likeness (QED) is 0.907. The Morgan fingerprint density at radius 2 is 1.95 bits per heavy atom. The molecule has 0 radical (unpaired) electrons. The van der Waals surface area contributed by atoms with Crippen LogP contribution in [-0.2, 0) is 5.54 Å². The number of hydrogen-bond donors (Lipinski definition) is 2. The van der Waals surface area contributed by atoms with Gasteiger partial charge in [0.25, 0.3) is 0 Å². The van der Waals surface area contributed by atoms with E-state index in [1.54, 1.807) is 25.4 Å². The topological polar surface area (TPSA) is 62.2 Å². The second-order valence-electron chi connectivity index (χ2n) is 4.71. The summed E-state index contributed by atoms with van der Waals surface area (Å²) in [6.07, 6.45) is 1.60. The number of aromatic nitrogens is 1. The SMILES string of the molecule is CC(C)(Nc1c(F)cc(C(=O)O)cc1F)c1nccs1. The second kappa shape index (κ2) is 5.16. The largest absolute Gasteiger partial charge is 0.478 e. The maximum atomic E-state index is 13.9. The molecular weight excluding hydrogens is 286 g/mol. The van der Waals surface area contributed by atoms with Crippen LogP contribution in [0.2, 0.25) is 0 Å². The molecule has 1 aromatic heterocycles. The highest BCUT2D eigenvalue weighted by atomic mass is 32.1. The number of anilines is 1. The average Bonchev–Trinajstić information content (AvgIpc) is 2.88. The van der Waals surface area contributed by atoms with E-state index in [1.165, 1.54) is 11.3 Å². The van der Waals surface area contributed by atoms with Crippen molar-refractivity contribution < 1.29 is 18.7 Å². The molecule has 0 spiro atoms. The lowest BCUT2D eigenvalue weighted by Crippen LogP contribution is -2.29. The first-order valence-corrected chi connectivity index (χ1v) is 6.60. The lowest BCUT2D eigenvalue weighted by Gasteiger charge is -2.25. The number of thiazole rings is 1. The molecule has 0 aliphatic rings. The molecule has 0 unspecified atom stereocenters. The molecule has 0 saturated heterocycles. The third-order valence-corrected chi connectivity index (χ3v) is 3.79. The van der Waals surface area contributed by atoms with Crippen molar-refractivity contribution in [3.63, 3.8) is 0 Å². The van der Waals surface area contributed by atoms with Crippen LogP contribution in [0.1, 0.15) is 29.2 Å². The van der Waals surface area contributed by atoms with Gasteiger partial charge in [-0.1, -0.05) is 0 Å². The fourth-order valence-electron chi connectivity index (χ4n) is 1.71. The predicted molar refractivity (Wildman–Crippen MR) is 72.1 cm³/mol. The zero-order valence-electron chi connectivity index (χ0n) is 10.8. The van der Waals surface area contributed by atoms with Crippen LogP contribution < -0.4 is 5.32 Å². The summed E-state index contributed by atoms with van der Waals surface area (Å²) in [6, 6.07) is 1.57. The maximum absolute atomic E-state index is 13.9. The van der Waals surface area contributed by atoms with Gasteiger partial charge in [0, 0.05) is 11.6 Å². The monoisotopic (exact) mass is 298 g/mol. The Labute approximate surface area is 118 Å². The van der Waals surface area contributed by atoms with Crippen LogP contribution in [0.4, 0.5) is 14.5 Å². The number of halogens is 2. The summed E-state index contributed by atoms with van der Waals surface area (Å²) in [7, 11) is 0. The molecule has 0 atom stereocenters. The minimum absolute atomic E-state index is 0.366. The Morgan fingerprint density at radius 1 is 1.35 bits per heavy atom. The maximum Gasteiger partial charge on any atom is 0.335 e. The molecule has 1 heterocycles. The van der Waals surface area contributed by atoms with Crippen LogP contribution >= 0.6 is 11.3 Å². The van der Waals surface area contributed by atoms with Gasteiger partial charge < -0.3 is 10.4 Å². The van der Waals surface area contributed by atoms with Crippen LogP contribution in [0, 0.1) is 11.6 Å². The highest BCUT2D eigenvalue weighted by Crippen LogP contribution is 2.30. The van der Waals surface area contributed by atoms with Crippen molar-refractivity contribution in [1.82, 2.24) is 4.98 Å². The van der Waals surface area contributed by atoms with Crippen LogP contribution in [0.25, 0.3) is 0 Å². The first-order chi connectivity index (χ1) is 9.31. The van der Waals surface area contributed by atoms with E-state index in [4.69, 9.17) is 5.11 Å². The minimum Gasteiger partial charge on any atom is -0.478 e. The van der Waals surface area contributed by atoms with Crippen molar-refractivity contribution in [3.05, 3.63) is 45.9 Å². The highest BCUT2D eigenvalue weighted by molar-refractivity contribution is 7.09. The molecule has 2 rings (SSSR count). The van der Waals surface area contributed by atoms with Gasteiger partial charge in [0.2, 0.25) is 0 Å².